The smallest absolute Gasteiger partial charge is 0.325 e. The van der Waals surface area contributed by atoms with Crippen molar-refractivity contribution in [1.29, 1.82) is 0 Å². The van der Waals surface area contributed by atoms with Crippen molar-refractivity contribution in [3.63, 3.8) is 0 Å². The lowest BCUT2D eigenvalue weighted by Gasteiger charge is -2.29. The molecule has 29 nitrogen and oxygen atoms in total. The average molecular weight is 1150 g/mol. The van der Waals surface area contributed by atoms with Crippen LogP contribution in [-0.2, 0) is 70.4 Å². The number of nitrogens with one attached hydrogen (secondary N) is 9. The second-order valence-corrected chi connectivity index (χ2v) is 20.2. The lowest BCUT2D eigenvalue weighted by atomic mass is 9.96. The maximum atomic E-state index is 14.1. The van der Waals surface area contributed by atoms with Gasteiger partial charge in [-0.2, -0.15) is 0 Å². The van der Waals surface area contributed by atoms with Gasteiger partial charge in [0, 0.05) is 36.5 Å². The number of carbonyl (C=O) groups excluding carboxylic acids is 10. The fourth-order valence-electron chi connectivity index (χ4n) is 8.84. The first kappa shape index (κ1) is 65.8. The van der Waals surface area contributed by atoms with E-state index in [1.54, 1.807) is 20.0 Å². The summed E-state index contributed by atoms with van der Waals surface area (Å²) in [6.45, 7) is 5.89. The Morgan fingerprint density at radius 1 is 0.695 bits per heavy atom. The number of carboxylic acids is 2. The van der Waals surface area contributed by atoms with Crippen LogP contribution in [0.4, 0.5) is 0 Å². The van der Waals surface area contributed by atoms with E-state index in [1.807, 2.05) is 24.3 Å². The number of para-hydroxylation sites is 1. The van der Waals surface area contributed by atoms with Gasteiger partial charge in [-0.25, -0.2) is 0 Å². The van der Waals surface area contributed by atoms with E-state index in [0.717, 1.165) is 35.2 Å². The molecule has 2 aromatic carbocycles. The maximum Gasteiger partial charge on any atom is 0.325 e. The highest BCUT2D eigenvalue weighted by atomic mass is 16.4. The summed E-state index contributed by atoms with van der Waals surface area (Å²) in [6.07, 6.45) is -3.16. The van der Waals surface area contributed by atoms with Crippen LogP contribution < -0.4 is 54.0 Å². The predicted octanol–water partition coefficient (Wildman–Crippen LogP) is -3.86. The van der Waals surface area contributed by atoms with E-state index in [2.05, 4.69) is 47.5 Å². The van der Waals surface area contributed by atoms with Gasteiger partial charge in [-0.05, 0) is 81.7 Å². The molecule has 4 rings (SSSR count). The largest absolute Gasteiger partial charge is 0.508 e. The number of carbonyl (C=O) groups is 12. The van der Waals surface area contributed by atoms with E-state index >= 15 is 0 Å². The van der Waals surface area contributed by atoms with Crippen LogP contribution in [0.5, 0.6) is 5.75 Å². The van der Waals surface area contributed by atoms with Crippen LogP contribution in [0.25, 0.3) is 10.9 Å². The monoisotopic (exact) mass is 1150 g/mol. The van der Waals surface area contributed by atoms with Gasteiger partial charge in [0.25, 0.3) is 0 Å². The highest BCUT2D eigenvalue weighted by Crippen LogP contribution is 2.22. The van der Waals surface area contributed by atoms with Crippen molar-refractivity contribution in [2.75, 3.05) is 13.1 Å². The van der Waals surface area contributed by atoms with Crippen LogP contribution in [0.15, 0.2) is 54.7 Å². The summed E-state index contributed by atoms with van der Waals surface area (Å²) in [5, 5.41) is 69.7. The number of aliphatic hydroxyl groups excluding tert-OH is 2. The zero-order valence-corrected chi connectivity index (χ0v) is 45.9. The summed E-state index contributed by atoms with van der Waals surface area (Å²) in [5.41, 5.74) is 13.6. The number of amides is 10. The molecule has 3 aromatic rings. The lowest BCUT2D eigenvalue weighted by Crippen LogP contribution is -2.63. The van der Waals surface area contributed by atoms with Crippen molar-refractivity contribution in [2.45, 2.75) is 153 Å². The van der Waals surface area contributed by atoms with Gasteiger partial charge >= 0.3 is 11.9 Å². The topological polar surface area (TPSA) is 473 Å². The number of aliphatic carboxylic acids is 2. The van der Waals surface area contributed by atoms with Crippen LogP contribution in [-0.4, -0.2) is 186 Å². The third kappa shape index (κ3) is 19.2. The standard InChI is InChI=1S/C53H74N12O17/c1-6-25(2)42(62-45(73)33(54)21-30-23-56-34-11-8-7-10-32(30)34)50(78)61-37(22-39(55)69)47(75)64-44(28(5)67)51(79)60-36(20-29-13-15-31(68)16-14-29)46(74)63-43(27(4)66)49(77)57-24-40(70)59-35(17-18-41(71)72)52(80)65-19-9-12-38(65)48(76)58-26(3)53(81)82/h7-8,10-11,13-16,23,25-28,33,35-38,42-44,56,66-68H,6,9,12,17-22,24,54H2,1-5H3,(H2,55,69)(H,57,77)(H,58,76)(H,59,70)(H,60,79)(H,61,78)(H,62,73)(H,63,74)(H,64,75)(H,71,72)(H,81,82)/t25-,26-,27+,28+,33-,35-,36-,37-,38-,42-,43-,44-/m0/s1. The van der Waals surface area contributed by atoms with Gasteiger partial charge in [-0.15, -0.1) is 0 Å². The van der Waals surface area contributed by atoms with Gasteiger partial charge in [0.2, 0.25) is 59.1 Å². The summed E-state index contributed by atoms with van der Waals surface area (Å²) in [5.74, 6) is -13.6. The van der Waals surface area contributed by atoms with Gasteiger partial charge in [0.1, 0.15) is 54.1 Å². The first-order valence-electron chi connectivity index (χ1n) is 26.5. The quantitative estimate of drug-likeness (QED) is 0.0293. The van der Waals surface area contributed by atoms with Crippen LogP contribution in [0, 0.1) is 5.92 Å². The van der Waals surface area contributed by atoms with Crippen molar-refractivity contribution in [2.24, 2.45) is 17.4 Å². The first-order chi connectivity index (χ1) is 38.6. The van der Waals surface area contributed by atoms with Crippen molar-refractivity contribution in [1.82, 2.24) is 52.4 Å². The van der Waals surface area contributed by atoms with Crippen LogP contribution >= 0.6 is 0 Å². The molecule has 2 heterocycles. The summed E-state index contributed by atoms with van der Waals surface area (Å²) >= 11 is 0. The molecular weight excluding hydrogens is 1080 g/mol. The Labute approximate surface area is 470 Å². The highest BCUT2D eigenvalue weighted by Gasteiger charge is 2.40. The van der Waals surface area contributed by atoms with Gasteiger partial charge in [0.05, 0.1) is 31.2 Å². The highest BCUT2D eigenvalue weighted by molar-refractivity contribution is 5.99. The number of nitrogens with two attached hydrogens (primary N) is 2. The number of H-pyrrole nitrogens is 1. The molecule has 0 aliphatic carbocycles. The molecule has 29 heteroatoms. The Bertz CT molecular complexity index is 2810. The molecule has 0 unspecified atom stereocenters. The number of benzene rings is 2. The van der Waals surface area contributed by atoms with E-state index < -0.39 is 176 Å². The molecule has 12 atom stereocenters. The molecule has 1 aliphatic rings. The van der Waals surface area contributed by atoms with Gasteiger partial charge in [0.15, 0.2) is 0 Å². The minimum Gasteiger partial charge on any atom is -0.508 e. The first-order valence-corrected chi connectivity index (χ1v) is 26.5. The number of carboxylic acid groups (broad SMARTS) is 2. The number of aromatic hydroxyl groups is 1. The fraction of sp³-hybridized carbons (Fsp3) is 0.509. The maximum absolute atomic E-state index is 14.1. The van der Waals surface area contributed by atoms with Crippen LogP contribution in [0.3, 0.4) is 0 Å². The summed E-state index contributed by atoms with van der Waals surface area (Å²) in [6, 6.07) is -1.09. The zero-order chi connectivity index (χ0) is 61.1. The summed E-state index contributed by atoms with van der Waals surface area (Å²) in [4.78, 5) is 162. The second kappa shape index (κ2) is 30.8. The molecule has 448 valence electrons. The van der Waals surface area contributed by atoms with Gasteiger partial charge in [-0.3, -0.25) is 57.5 Å². The average Bonchev–Trinajstić information content (AvgIpc) is 4.20. The third-order valence-electron chi connectivity index (χ3n) is 13.7. The number of hydrogen-bond donors (Lipinski definition) is 16. The summed E-state index contributed by atoms with van der Waals surface area (Å²) in [7, 11) is 0. The molecular formula is C53H74N12O17. The fourth-order valence-corrected chi connectivity index (χ4v) is 8.84. The number of nitrogens with zero attached hydrogens (tertiary/aromatic N) is 1. The summed E-state index contributed by atoms with van der Waals surface area (Å²) < 4.78 is 0. The Morgan fingerprint density at radius 2 is 1.28 bits per heavy atom. The third-order valence-corrected chi connectivity index (χ3v) is 13.7. The van der Waals surface area contributed by atoms with E-state index in [1.165, 1.54) is 31.2 Å². The Kier molecular flexibility index (Phi) is 24.7. The van der Waals surface area contributed by atoms with E-state index in [4.69, 9.17) is 11.5 Å². The normalized spacial score (nSPS) is 17.1. The molecule has 10 amide bonds. The number of phenolic OH excluding ortho intramolecular Hbond substituents is 1. The molecule has 0 bridgehead atoms. The molecule has 1 saturated heterocycles. The van der Waals surface area contributed by atoms with Crippen LogP contribution in [0.1, 0.15) is 84.3 Å². The number of primary amides is 1. The zero-order valence-electron chi connectivity index (χ0n) is 45.9. The van der Waals surface area contributed by atoms with E-state index in [9.17, 15) is 83.1 Å². The predicted molar refractivity (Wildman–Crippen MR) is 290 cm³/mol. The van der Waals surface area contributed by atoms with Gasteiger partial charge < -0.3 is 89.4 Å². The minimum absolute atomic E-state index is 0.0115. The molecule has 0 spiro atoms. The van der Waals surface area contributed by atoms with Crippen molar-refractivity contribution in [3.05, 3.63) is 65.9 Å². The molecule has 82 heavy (non-hydrogen) atoms. The number of aliphatic hydroxyl groups is 2. The number of likely N-dealkylation sites (tertiary alicyclic amines) is 1. The van der Waals surface area contributed by atoms with Crippen molar-refractivity contribution in [3.8, 4) is 5.75 Å². The van der Waals surface area contributed by atoms with E-state index in [-0.39, 0.29) is 25.1 Å². The van der Waals surface area contributed by atoms with Gasteiger partial charge in [-0.1, -0.05) is 50.6 Å². The van der Waals surface area contributed by atoms with Crippen molar-refractivity contribution < 1.29 is 83.1 Å². The van der Waals surface area contributed by atoms with Crippen LogP contribution in [0.2, 0.25) is 0 Å². The number of phenols is 1. The second-order valence-electron chi connectivity index (χ2n) is 20.2. The molecule has 0 radical (unpaired) electrons. The number of hydrogen-bond acceptors (Lipinski definition) is 16. The Morgan fingerprint density at radius 3 is 1.88 bits per heavy atom. The molecule has 0 saturated carbocycles. The van der Waals surface area contributed by atoms with E-state index in [0.29, 0.717) is 18.4 Å². The molecule has 1 aromatic heterocycles. The minimum atomic E-state index is -1.93. The molecule has 1 fully saturated rings. The molecule has 1 aliphatic heterocycles. The number of aromatic nitrogens is 1. The number of rotatable bonds is 31. The lowest BCUT2D eigenvalue weighted by molar-refractivity contribution is -0.144. The molecule has 18 N–H and O–H groups in total. The Balaban J connectivity index is 1.48. The number of fused-ring (bicyclic) bond motifs is 1. The van der Waals surface area contributed by atoms with Crippen molar-refractivity contribution >= 4 is 81.9 Å². The number of aromatic amines is 1. The SMILES string of the molecule is CC[C@H](C)[C@H](NC(=O)[C@@H](N)Cc1c[nH]c2ccccc12)C(=O)N[C@@H](CC(N)=O)C(=O)N[C@H](C(=O)N[C@@H](Cc1ccc(O)cc1)C(=O)N[C@H](C(=O)NCC(=O)N[C@@H](CCC(=O)O)C(=O)N1CCC[C@H]1C(=O)N[C@@H](C)C(=O)O)[C@@H](C)O)[C@@H](C)O. The Hall–Kier alpha value is -8.70.